The summed E-state index contributed by atoms with van der Waals surface area (Å²) in [5, 5.41) is 8.90. The molecule has 118 valence electrons. The molecule has 4 nitrogen and oxygen atoms in total. The number of benzene rings is 2. The number of pyridine rings is 1. The molecule has 0 radical (unpaired) electrons. The molecule has 2 aromatic heterocycles. The second-order valence-corrected chi connectivity index (χ2v) is 6.26. The lowest BCUT2D eigenvalue weighted by Crippen LogP contribution is -1.96. The van der Waals surface area contributed by atoms with Crippen LogP contribution in [0.3, 0.4) is 0 Å². The molecule has 0 bridgehead atoms. The smallest absolute Gasteiger partial charge is 0.195 e. The Hall–Kier alpha value is -2.50. The molecule has 0 aliphatic rings. The van der Waals surface area contributed by atoms with Crippen molar-refractivity contribution in [2.75, 3.05) is 0 Å². The maximum atomic E-state index is 6.36. The van der Waals surface area contributed by atoms with Crippen LogP contribution in [-0.2, 0) is 7.05 Å². The van der Waals surface area contributed by atoms with Gasteiger partial charge in [0.05, 0.1) is 11.2 Å². The predicted molar refractivity (Wildman–Crippen MR) is 99.6 cm³/mol. The molecular weight excluding hydrogens is 340 g/mol. The number of nitrogens with zero attached hydrogens (tertiary/aromatic N) is 3. The van der Waals surface area contributed by atoms with Gasteiger partial charge in [0.25, 0.3) is 0 Å². The number of halogens is 1. The zero-order valence-corrected chi connectivity index (χ0v) is 14.4. The Balaban J connectivity index is 2.07. The fourth-order valence-corrected chi connectivity index (χ4v) is 3.12. The number of aromatic nitrogens is 4. The fourth-order valence-electron chi connectivity index (χ4n) is 2.76. The largest absolute Gasteiger partial charge is 0.303 e. The number of H-pyrrole nitrogens is 1. The lowest BCUT2D eigenvalue weighted by atomic mass is 10.0. The summed E-state index contributed by atoms with van der Waals surface area (Å²) in [4.78, 5) is 4.77. The monoisotopic (exact) mass is 352 g/mol. The van der Waals surface area contributed by atoms with E-state index in [0.717, 1.165) is 33.5 Å². The highest BCUT2D eigenvalue weighted by Crippen LogP contribution is 2.33. The van der Waals surface area contributed by atoms with Crippen LogP contribution in [0.1, 0.15) is 0 Å². The molecule has 24 heavy (non-hydrogen) atoms. The molecule has 0 spiro atoms. The average molecular weight is 353 g/mol. The molecule has 0 aliphatic heterocycles. The number of rotatable bonds is 2. The Morgan fingerprint density at radius 1 is 1.04 bits per heavy atom. The van der Waals surface area contributed by atoms with Crippen molar-refractivity contribution >= 4 is 34.7 Å². The molecule has 0 fully saturated rings. The normalized spacial score (nSPS) is 11.1. The van der Waals surface area contributed by atoms with E-state index in [2.05, 4.69) is 10.2 Å². The van der Waals surface area contributed by atoms with Gasteiger partial charge in [0, 0.05) is 28.6 Å². The van der Waals surface area contributed by atoms with E-state index >= 15 is 0 Å². The highest BCUT2D eigenvalue weighted by atomic mass is 35.5. The Bertz CT molecular complexity index is 1110. The second kappa shape index (κ2) is 5.85. The van der Waals surface area contributed by atoms with Crippen molar-refractivity contribution in [3.8, 4) is 22.6 Å². The molecule has 0 saturated heterocycles. The van der Waals surface area contributed by atoms with Gasteiger partial charge in [-0.2, -0.15) is 5.10 Å². The molecule has 0 unspecified atom stereocenters. The van der Waals surface area contributed by atoms with Crippen LogP contribution >= 0.6 is 23.8 Å². The van der Waals surface area contributed by atoms with Crippen LogP contribution in [0.15, 0.2) is 54.6 Å². The molecule has 0 amide bonds. The predicted octanol–water partition coefficient (Wildman–Crippen LogP) is 5.01. The van der Waals surface area contributed by atoms with E-state index in [4.69, 9.17) is 28.8 Å². The SMILES string of the molecule is Cn1c(-c2cc(-c3ccccc3Cl)nc3ccccc23)n[nH]c1=S. The van der Waals surface area contributed by atoms with Crippen molar-refractivity contribution in [3.63, 3.8) is 0 Å². The van der Waals surface area contributed by atoms with Crippen molar-refractivity contribution < 1.29 is 0 Å². The summed E-state index contributed by atoms with van der Waals surface area (Å²) in [5.74, 6) is 0.770. The topological polar surface area (TPSA) is 46.5 Å². The standard InChI is InChI=1S/C18H13ClN4S/c1-23-17(21-22-18(23)24)13-10-16(12-7-2-4-8-14(12)19)20-15-9-5-3-6-11(13)15/h2-10H,1H3,(H,22,24). The number of fused-ring (bicyclic) bond motifs is 1. The number of hydrogen-bond donors (Lipinski definition) is 1. The maximum Gasteiger partial charge on any atom is 0.195 e. The molecule has 0 aliphatic carbocycles. The summed E-state index contributed by atoms with van der Waals surface area (Å²) < 4.78 is 2.43. The van der Waals surface area contributed by atoms with E-state index in [9.17, 15) is 0 Å². The van der Waals surface area contributed by atoms with Crippen LogP contribution in [0, 0.1) is 4.77 Å². The maximum absolute atomic E-state index is 6.36. The Morgan fingerprint density at radius 2 is 1.79 bits per heavy atom. The van der Waals surface area contributed by atoms with Gasteiger partial charge in [-0.05, 0) is 30.4 Å². The Kier molecular flexibility index (Phi) is 3.67. The quantitative estimate of drug-likeness (QED) is 0.515. The van der Waals surface area contributed by atoms with Crippen molar-refractivity contribution in [1.82, 2.24) is 19.7 Å². The lowest BCUT2D eigenvalue weighted by molar-refractivity contribution is 0.902. The molecule has 2 heterocycles. The average Bonchev–Trinajstić information content (AvgIpc) is 2.93. The minimum absolute atomic E-state index is 0.574. The summed E-state index contributed by atoms with van der Waals surface area (Å²) in [5.41, 5.74) is 3.55. The molecule has 6 heteroatoms. The van der Waals surface area contributed by atoms with Crippen molar-refractivity contribution in [2.45, 2.75) is 0 Å². The first-order valence-electron chi connectivity index (χ1n) is 7.41. The van der Waals surface area contributed by atoms with Crippen molar-refractivity contribution in [3.05, 3.63) is 64.4 Å². The zero-order valence-electron chi connectivity index (χ0n) is 12.8. The van der Waals surface area contributed by atoms with Gasteiger partial charge in [-0.25, -0.2) is 4.98 Å². The summed E-state index contributed by atoms with van der Waals surface area (Å²) in [6, 6.07) is 17.7. The van der Waals surface area contributed by atoms with Crippen molar-refractivity contribution in [1.29, 1.82) is 0 Å². The highest BCUT2D eigenvalue weighted by Gasteiger charge is 2.14. The van der Waals surface area contributed by atoms with Crippen LogP contribution in [0.2, 0.25) is 5.02 Å². The Morgan fingerprint density at radius 3 is 2.54 bits per heavy atom. The van der Waals surface area contributed by atoms with Gasteiger partial charge in [0.2, 0.25) is 0 Å². The molecular formula is C18H13ClN4S. The molecule has 0 atom stereocenters. The van der Waals surface area contributed by atoms with Crippen LogP contribution in [-0.4, -0.2) is 19.7 Å². The van der Waals surface area contributed by atoms with Crippen LogP contribution in [0.4, 0.5) is 0 Å². The van der Waals surface area contributed by atoms with E-state index in [1.165, 1.54) is 0 Å². The number of aromatic amines is 1. The van der Waals surface area contributed by atoms with Gasteiger partial charge >= 0.3 is 0 Å². The van der Waals surface area contributed by atoms with Crippen LogP contribution < -0.4 is 0 Å². The number of hydrogen-bond acceptors (Lipinski definition) is 3. The zero-order chi connectivity index (χ0) is 16.7. The van der Waals surface area contributed by atoms with E-state index < -0.39 is 0 Å². The Labute approximate surface area is 148 Å². The third kappa shape index (κ3) is 2.42. The van der Waals surface area contributed by atoms with E-state index in [0.29, 0.717) is 9.79 Å². The van der Waals surface area contributed by atoms with Gasteiger partial charge in [-0.3, -0.25) is 5.10 Å². The lowest BCUT2D eigenvalue weighted by Gasteiger charge is -2.10. The molecule has 4 rings (SSSR count). The summed E-state index contributed by atoms with van der Waals surface area (Å²) >= 11 is 11.6. The summed E-state index contributed by atoms with van der Waals surface area (Å²) in [6.07, 6.45) is 0. The fraction of sp³-hybridized carbons (Fsp3) is 0.0556. The minimum Gasteiger partial charge on any atom is -0.303 e. The van der Waals surface area contributed by atoms with Gasteiger partial charge in [0.1, 0.15) is 0 Å². The molecule has 0 saturated carbocycles. The molecule has 4 aromatic rings. The molecule has 2 aromatic carbocycles. The van der Waals surface area contributed by atoms with Crippen molar-refractivity contribution in [2.24, 2.45) is 7.05 Å². The minimum atomic E-state index is 0.574. The number of para-hydroxylation sites is 1. The van der Waals surface area contributed by atoms with Gasteiger partial charge in [0.15, 0.2) is 10.6 Å². The van der Waals surface area contributed by atoms with E-state index in [1.54, 1.807) is 0 Å². The van der Waals surface area contributed by atoms with Crippen LogP contribution in [0.25, 0.3) is 33.5 Å². The second-order valence-electron chi connectivity index (χ2n) is 5.46. The third-order valence-electron chi connectivity index (χ3n) is 3.99. The van der Waals surface area contributed by atoms with E-state index in [1.807, 2.05) is 66.2 Å². The highest BCUT2D eigenvalue weighted by molar-refractivity contribution is 7.71. The van der Waals surface area contributed by atoms with Gasteiger partial charge < -0.3 is 4.57 Å². The third-order valence-corrected chi connectivity index (χ3v) is 4.68. The summed E-state index contributed by atoms with van der Waals surface area (Å²) in [7, 11) is 1.89. The molecule has 1 N–H and O–H groups in total. The van der Waals surface area contributed by atoms with Gasteiger partial charge in [-0.1, -0.05) is 48.0 Å². The van der Waals surface area contributed by atoms with Crippen LogP contribution in [0.5, 0.6) is 0 Å². The number of nitrogens with one attached hydrogen (secondary N) is 1. The van der Waals surface area contributed by atoms with E-state index in [-0.39, 0.29) is 0 Å². The first-order chi connectivity index (χ1) is 11.6. The first-order valence-corrected chi connectivity index (χ1v) is 8.20. The van der Waals surface area contributed by atoms with Gasteiger partial charge in [-0.15, -0.1) is 0 Å². The summed E-state index contributed by atoms with van der Waals surface area (Å²) in [6.45, 7) is 0. The first kappa shape index (κ1) is 15.1.